The normalized spacial score (nSPS) is 15.3. The molecule has 2 aromatic carbocycles. The molecule has 25 heavy (non-hydrogen) atoms. The van der Waals surface area contributed by atoms with Gasteiger partial charge in [-0.2, -0.15) is 5.10 Å². The molecule has 128 valence electrons. The Hall–Kier alpha value is -2.73. The second-order valence-corrected chi connectivity index (χ2v) is 6.40. The van der Waals surface area contributed by atoms with E-state index in [2.05, 4.69) is 10.2 Å². The van der Waals surface area contributed by atoms with Crippen LogP contribution in [0.3, 0.4) is 0 Å². The molecule has 1 fully saturated rings. The molecule has 1 aliphatic rings. The van der Waals surface area contributed by atoms with E-state index < -0.39 is 6.10 Å². The lowest BCUT2D eigenvalue weighted by atomic mass is 10.1. The molecule has 3 aromatic rings. The third-order valence-electron chi connectivity index (χ3n) is 4.58. The first-order valence-electron chi connectivity index (χ1n) is 8.30. The molecule has 1 amide bonds. The van der Waals surface area contributed by atoms with Gasteiger partial charge >= 0.3 is 0 Å². The number of aromatic nitrogens is 2. The number of rotatable bonds is 5. The summed E-state index contributed by atoms with van der Waals surface area (Å²) in [5.41, 5.74) is 1.85. The summed E-state index contributed by atoms with van der Waals surface area (Å²) in [6.45, 7) is 0.180. The van der Waals surface area contributed by atoms with Crippen molar-refractivity contribution in [2.75, 3.05) is 6.54 Å². The van der Waals surface area contributed by atoms with Gasteiger partial charge in [0, 0.05) is 11.4 Å². The first kappa shape index (κ1) is 15.8. The topological polar surface area (TPSA) is 69.2 Å². The summed E-state index contributed by atoms with van der Waals surface area (Å²) in [6.07, 6.45) is 2.69. The number of hydrogen-bond acceptors (Lipinski definition) is 3. The number of aliphatic hydroxyl groups is 1. The molecule has 0 bridgehead atoms. The Morgan fingerprint density at radius 2 is 2.04 bits per heavy atom. The Morgan fingerprint density at radius 1 is 1.28 bits per heavy atom. The number of hydrogen-bond donors (Lipinski definition) is 2. The van der Waals surface area contributed by atoms with Crippen LogP contribution in [0.15, 0.2) is 48.7 Å². The van der Waals surface area contributed by atoms with Crippen molar-refractivity contribution in [2.24, 2.45) is 0 Å². The fraction of sp³-hybridized carbons (Fsp3) is 0.263. The smallest absolute Gasteiger partial charge is 0.256 e. The number of benzene rings is 2. The SMILES string of the molecule is O=C(c1cccc2cn[nH]c12)N(CC(O)c1ccc(F)cc1)C1CC1. The number of nitrogens with one attached hydrogen (secondary N) is 1. The molecular formula is C19H18FN3O2. The van der Waals surface area contributed by atoms with Gasteiger partial charge in [-0.3, -0.25) is 9.89 Å². The minimum Gasteiger partial charge on any atom is -0.387 e. The summed E-state index contributed by atoms with van der Waals surface area (Å²) < 4.78 is 13.1. The van der Waals surface area contributed by atoms with Crippen LogP contribution in [0.4, 0.5) is 4.39 Å². The van der Waals surface area contributed by atoms with Crippen molar-refractivity contribution in [1.29, 1.82) is 0 Å². The summed E-state index contributed by atoms with van der Waals surface area (Å²) in [6, 6.07) is 11.3. The highest BCUT2D eigenvalue weighted by Gasteiger charge is 2.35. The zero-order chi connectivity index (χ0) is 17.4. The van der Waals surface area contributed by atoms with Gasteiger partial charge in [-0.25, -0.2) is 4.39 Å². The summed E-state index contributed by atoms with van der Waals surface area (Å²) in [7, 11) is 0. The van der Waals surface area contributed by atoms with Crippen molar-refractivity contribution in [1.82, 2.24) is 15.1 Å². The Labute approximate surface area is 144 Å². The summed E-state index contributed by atoms with van der Waals surface area (Å²) in [5, 5.41) is 18.2. The maximum absolute atomic E-state index is 13.1. The molecule has 4 rings (SSSR count). The second kappa shape index (κ2) is 6.29. The van der Waals surface area contributed by atoms with E-state index in [0.29, 0.717) is 16.6 Å². The van der Waals surface area contributed by atoms with Crippen molar-refractivity contribution >= 4 is 16.8 Å². The molecular weight excluding hydrogens is 321 g/mol. The van der Waals surface area contributed by atoms with Crippen LogP contribution in [-0.4, -0.2) is 38.7 Å². The number of para-hydroxylation sites is 1. The highest BCUT2D eigenvalue weighted by molar-refractivity contribution is 6.05. The highest BCUT2D eigenvalue weighted by atomic mass is 19.1. The highest BCUT2D eigenvalue weighted by Crippen LogP contribution is 2.31. The summed E-state index contributed by atoms with van der Waals surface area (Å²) >= 11 is 0. The second-order valence-electron chi connectivity index (χ2n) is 6.40. The van der Waals surface area contributed by atoms with Crippen molar-refractivity contribution in [2.45, 2.75) is 25.0 Å². The summed E-state index contributed by atoms with van der Waals surface area (Å²) in [4.78, 5) is 14.8. The van der Waals surface area contributed by atoms with Gasteiger partial charge in [-0.05, 0) is 36.6 Å². The van der Waals surface area contributed by atoms with E-state index in [1.54, 1.807) is 29.3 Å². The molecule has 0 radical (unpaired) electrons. The first-order valence-corrected chi connectivity index (χ1v) is 8.30. The molecule has 0 aliphatic heterocycles. The number of nitrogens with zero attached hydrogens (tertiary/aromatic N) is 2. The number of aromatic amines is 1. The van der Waals surface area contributed by atoms with Crippen LogP contribution in [0.5, 0.6) is 0 Å². The number of amides is 1. The van der Waals surface area contributed by atoms with E-state index in [1.807, 2.05) is 12.1 Å². The maximum atomic E-state index is 13.1. The lowest BCUT2D eigenvalue weighted by molar-refractivity contribution is 0.0604. The molecule has 1 atom stereocenters. The molecule has 6 heteroatoms. The predicted molar refractivity (Wildman–Crippen MR) is 91.5 cm³/mol. The van der Waals surface area contributed by atoms with E-state index in [-0.39, 0.29) is 24.3 Å². The lowest BCUT2D eigenvalue weighted by Crippen LogP contribution is -2.36. The lowest BCUT2D eigenvalue weighted by Gasteiger charge is -2.25. The van der Waals surface area contributed by atoms with Crippen LogP contribution in [0.25, 0.3) is 10.9 Å². The fourth-order valence-electron chi connectivity index (χ4n) is 3.06. The van der Waals surface area contributed by atoms with Gasteiger partial charge in [0.05, 0.1) is 29.9 Å². The van der Waals surface area contributed by atoms with Crippen LogP contribution < -0.4 is 0 Å². The van der Waals surface area contributed by atoms with Crippen molar-refractivity contribution < 1.29 is 14.3 Å². The zero-order valence-electron chi connectivity index (χ0n) is 13.5. The monoisotopic (exact) mass is 339 g/mol. The van der Waals surface area contributed by atoms with Crippen molar-refractivity contribution in [3.05, 3.63) is 65.6 Å². The molecule has 5 nitrogen and oxygen atoms in total. The molecule has 1 saturated carbocycles. The third-order valence-corrected chi connectivity index (χ3v) is 4.58. The van der Waals surface area contributed by atoms with E-state index in [0.717, 1.165) is 18.2 Å². The number of H-pyrrole nitrogens is 1. The molecule has 0 saturated heterocycles. The van der Waals surface area contributed by atoms with E-state index in [4.69, 9.17) is 0 Å². The molecule has 2 N–H and O–H groups in total. The van der Waals surface area contributed by atoms with Crippen LogP contribution in [0, 0.1) is 5.82 Å². The van der Waals surface area contributed by atoms with Gasteiger partial charge in [0.25, 0.3) is 5.91 Å². The van der Waals surface area contributed by atoms with Crippen LogP contribution in [-0.2, 0) is 0 Å². The number of carbonyl (C=O) groups excluding carboxylic acids is 1. The zero-order valence-corrected chi connectivity index (χ0v) is 13.5. The van der Waals surface area contributed by atoms with Gasteiger partial charge in [0.15, 0.2) is 0 Å². The van der Waals surface area contributed by atoms with Crippen molar-refractivity contribution in [3.8, 4) is 0 Å². The van der Waals surface area contributed by atoms with Crippen molar-refractivity contribution in [3.63, 3.8) is 0 Å². The van der Waals surface area contributed by atoms with Gasteiger partial charge in [-0.15, -0.1) is 0 Å². The molecule has 1 unspecified atom stereocenters. The Kier molecular flexibility index (Phi) is 3.97. The van der Waals surface area contributed by atoms with Gasteiger partial charge in [0.2, 0.25) is 0 Å². The average molecular weight is 339 g/mol. The molecule has 0 spiro atoms. The van der Waals surface area contributed by atoms with Gasteiger partial charge in [0.1, 0.15) is 5.82 Å². The average Bonchev–Trinajstić information content (AvgIpc) is 3.35. The molecule has 1 aliphatic carbocycles. The minimum atomic E-state index is -0.855. The van der Waals surface area contributed by atoms with Crippen LogP contribution >= 0.6 is 0 Å². The molecule has 1 aromatic heterocycles. The number of halogens is 1. The van der Waals surface area contributed by atoms with E-state index >= 15 is 0 Å². The summed E-state index contributed by atoms with van der Waals surface area (Å²) in [5.74, 6) is -0.476. The number of fused-ring (bicyclic) bond motifs is 1. The van der Waals surface area contributed by atoms with Gasteiger partial charge < -0.3 is 10.0 Å². The third kappa shape index (κ3) is 3.13. The fourth-order valence-corrected chi connectivity index (χ4v) is 3.06. The number of carbonyl (C=O) groups is 1. The predicted octanol–water partition coefficient (Wildman–Crippen LogP) is 3.04. The van der Waals surface area contributed by atoms with Crippen LogP contribution in [0.1, 0.15) is 34.9 Å². The Balaban J connectivity index is 1.60. The Bertz CT molecular complexity index is 902. The van der Waals surface area contributed by atoms with E-state index in [9.17, 15) is 14.3 Å². The Morgan fingerprint density at radius 3 is 2.76 bits per heavy atom. The largest absolute Gasteiger partial charge is 0.387 e. The molecule has 1 heterocycles. The minimum absolute atomic E-state index is 0.126. The van der Waals surface area contributed by atoms with Crippen LogP contribution in [0.2, 0.25) is 0 Å². The standard InChI is InChI=1S/C19H18FN3O2/c20-14-6-4-12(5-7-14)17(24)11-23(15-8-9-15)19(25)16-3-1-2-13-10-21-22-18(13)16/h1-7,10,15,17,24H,8-9,11H2,(H,21,22). The van der Waals surface area contributed by atoms with E-state index in [1.165, 1.54) is 12.1 Å². The maximum Gasteiger partial charge on any atom is 0.256 e. The number of aliphatic hydroxyl groups excluding tert-OH is 1. The quantitative estimate of drug-likeness (QED) is 0.751. The first-order chi connectivity index (χ1) is 12.1. The van der Waals surface area contributed by atoms with Gasteiger partial charge in [-0.1, -0.05) is 24.3 Å².